The van der Waals surface area contributed by atoms with Crippen LogP contribution in [0.5, 0.6) is 0 Å². The fourth-order valence-electron chi connectivity index (χ4n) is 5.84. The molecule has 3 amide bonds. The van der Waals surface area contributed by atoms with E-state index in [1.807, 2.05) is 0 Å². The Bertz CT molecular complexity index is 1200. The molecular formula is C34H61N3O12S. The van der Waals surface area contributed by atoms with Crippen molar-refractivity contribution in [2.24, 2.45) is 17.8 Å². The average Bonchev–Trinajstić information content (AvgIpc) is 3.03. The summed E-state index contributed by atoms with van der Waals surface area (Å²) in [4.78, 5) is 65.6. The van der Waals surface area contributed by atoms with Crippen molar-refractivity contribution in [3.63, 3.8) is 0 Å². The summed E-state index contributed by atoms with van der Waals surface area (Å²) in [6.07, 6.45) is 8.47. The second-order valence-electron chi connectivity index (χ2n) is 13.7. The number of aliphatic hydroxyl groups is 1. The van der Waals surface area contributed by atoms with Gasteiger partial charge in [0.15, 0.2) is 6.04 Å². The lowest BCUT2D eigenvalue weighted by Crippen LogP contribution is -2.61. The number of cyclic esters (lactones) is 1. The number of rotatable bonds is 18. The highest BCUT2D eigenvalue weighted by molar-refractivity contribution is 7.80. The van der Waals surface area contributed by atoms with Crippen LogP contribution in [-0.2, 0) is 48.0 Å². The Morgan fingerprint density at radius 3 is 1.82 bits per heavy atom. The Balaban J connectivity index is 3.35. The molecule has 0 aromatic carbocycles. The van der Waals surface area contributed by atoms with Gasteiger partial charge in [-0.2, -0.15) is 8.42 Å². The third kappa shape index (κ3) is 16.9. The fourth-order valence-corrected chi connectivity index (χ4v) is 6.33. The van der Waals surface area contributed by atoms with Crippen LogP contribution in [0, 0.1) is 17.8 Å². The second kappa shape index (κ2) is 22.9. The predicted octanol–water partition coefficient (Wildman–Crippen LogP) is 3.13. The highest BCUT2D eigenvalue weighted by atomic mass is 32.3. The minimum absolute atomic E-state index is 0.333. The molecule has 0 spiro atoms. The van der Waals surface area contributed by atoms with E-state index >= 15 is 0 Å². The van der Waals surface area contributed by atoms with Crippen molar-refractivity contribution in [2.75, 3.05) is 6.61 Å². The van der Waals surface area contributed by atoms with E-state index < -0.39 is 101 Å². The van der Waals surface area contributed by atoms with Crippen LogP contribution >= 0.6 is 0 Å². The highest BCUT2D eigenvalue weighted by Gasteiger charge is 2.40. The first-order valence-corrected chi connectivity index (χ1v) is 19.3. The third-order valence-electron chi connectivity index (χ3n) is 9.03. The Kier molecular flexibility index (Phi) is 20.7. The Labute approximate surface area is 297 Å². The van der Waals surface area contributed by atoms with Crippen LogP contribution in [0.4, 0.5) is 0 Å². The Hall–Kier alpha value is -2.82. The average molecular weight is 736 g/mol. The van der Waals surface area contributed by atoms with E-state index in [0.717, 1.165) is 39.5 Å². The van der Waals surface area contributed by atoms with Crippen molar-refractivity contribution >= 4 is 40.1 Å². The van der Waals surface area contributed by atoms with Crippen LogP contribution in [0.25, 0.3) is 0 Å². The molecule has 0 aromatic rings. The van der Waals surface area contributed by atoms with Gasteiger partial charge in [0, 0.05) is 12.8 Å². The molecular weight excluding hydrogens is 674 g/mol. The lowest BCUT2D eigenvalue weighted by atomic mass is 9.86. The zero-order valence-corrected chi connectivity index (χ0v) is 31.6. The van der Waals surface area contributed by atoms with Gasteiger partial charge in [-0.05, 0) is 25.7 Å². The minimum Gasteiger partial charge on any atom is -0.463 e. The number of aliphatic hydroxyl groups excluding tert-OH is 1. The van der Waals surface area contributed by atoms with Gasteiger partial charge in [-0.25, -0.2) is 8.98 Å². The van der Waals surface area contributed by atoms with Gasteiger partial charge >= 0.3 is 22.3 Å². The predicted molar refractivity (Wildman–Crippen MR) is 185 cm³/mol. The van der Waals surface area contributed by atoms with E-state index in [-0.39, 0.29) is 0 Å². The summed E-state index contributed by atoms with van der Waals surface area (Å²) in [7, 11) is -5.10. The van der Waals surface area contributed by atoms with Gasteiger partial charge < -0.3 is 30.5 Å². The smallest absolute Gasteiger partial charge is 0.397 e. The number of carbonyl (C=O) groups is 5. The first-order valence-electron chi connectivity index (χ1n) is 18.0. The molecule has 290 valence electrons. The highest BCUT2D eigenvalue weighted by Crippen LogP contribution is 2.25. The molecule has 0 saturated carbocycles. The normalized spacial score (nSPS) is 26.6. The van der Waals surface area contributed by atoms with Crippen LogP contribution in [0.1, 0.15) is 126 Å². The van der Waals surface area contributed by atoms with E-state index in [9.17, 15) is 42.0 Å². The molecule has 1 fully saturated rings. The van der Waals surface area contributed by atoms with Crippen LogP contribution in [0.3, 0.4) is 0 Å². The van der Waals surface area contributed by atoms with Crippen molar-refractivity contribution in [3.8, 4) is 0 Å². The summed E-state index contributed by atoms with van der Waals surface area (Å²) in [5.41, 5.74) is 0. The number of unbranched alkanes of at least 4 members (excludes halogenated alkanes) is 10. The lowest BCUT2D eigenvalue weighted by Gasteiger charge is -2.32. The molecule has 1 aliphatic rings. The molecule has 1 aliphatic heterocycles. The number of esters is 2. The first kappa shape index (κ1) is 45.2. The topological polar surface area (TPSA) is 224 Å². The Morgan fingerprint density at radius 1 is 0.820 bits per heavy atom. The summed E-state index contributed by atoms with van der Waals surface area (Å²) in [6, 6.07) is -4.68. The van der Waals surface area contributed by atoms with Crippen molar-refractivity contribution in [1.29, 1.82) is 0 Å². The molecule has 0 aliphatic carbocycles. The lowest BCUT2D eigenvalue weighted by molar-refractivity contribution is -0.162. The molecule has 0 unspecified atom stereocenters. The van der Waals surface area contributed by atoms with Gasteiger partial charge in [0.25, 0.3) is 0 Å². The van der Waals surface area contributed by atoms with Crippen molar-refractivity contribution in [1.82, 2.24) is 16.0 Å². The van der Waals surface area contributed by atoms with Crippen molar-refractivity contribution in [3.05, 3.63) is 0 Å². The van der Waals surface area contributed by atoms with E-state index in [1.54, 1.807) is 20.8 Å². The largest absolute Gasteiger partial charge is 0.463 e. The van der Waals surface area contributed by atoms with Gasteiger partial charge in [-0.1, -0.05) is 98.8 Å². The van der Waals surface area contributed by atoms with Crippen LogP contribution in [0.15, 0.2) is 0 Å². The monoisotopic (exact) mass is 735 g/mol. The third-order valence-corrected chi connectivity index (χ3v) is 9.58. The number of hydrogen-bond acceptors (Lipinski definition) is 11. The maximum atomic E-state index is 13.6. The van der Waals surface area contributed by atoms with Gasteiger partial charge in [0.1, 0.15) is 30.9 Å². The maximum Gasteiger partial charge on any atom is 0.397 e. The zero-order valence-electron chi connectivity index (χ0n) is 30.8. The van der Waals surface area contributed by atoms with E-state index in [2.05, 4.69) is 27.1 Å². The molecule has 15 nitrogen and oxygen atoms in total. The number of nitrogens with one attached hydrogen (secondary N) is 3. The minimum atomic E-state index is -5.10. The van der Waals surface area contributed by atoms with Crippen LogP contribution in [-0.4, -0.2) is 90.8 Å². The number of hydrogen-bond donors (Lipinski definition) is 5. The summed E-state index contributed by atoms with van der Waals surface area (Å²) in [5, 5.41) is 18.6. The number of carbonyl (C=O) groups excluding carboxylic acids is 5. The summed E-state index contributed by atoms with van der Waals surface area (Å²) in [5.74, 6) is -6.86. The molecule has 1 heterocycles. The molecule has 0 bridgehead atoms. The van der Waals surface area contributed by atoms with Gasteiger partial charge in [0.05, 0.1) is 12.0 Å². The number of ether oxygens (including phenoxy) is 2. The van der Waals surface area contributed by atoms with Gasteiger partial charge in [-0.15, -0.1) is 0 Å². The molecule has 1 saturated heterocycles. The Morgan fingerprint density at radius 2 is 1.32 bits per heavy atom. The van der Waals surface area contributed by atoms with Gasteiger partial charge in [-0.3, -0.25) is 23.7 Å². The molecule has 0 aromatic heterocycles. The van der Waals surface area contributed by atoms with E-state index in [1.165, 1.54) is 45.4 Å². The summed E-state index contributed by atoms with van der Waals surface area (Å²) in [6.45, 7) is 10.1. The van der Waals surface area contributed by atoms with Gasteiger partial charge in [0.2, 0.25) is 17.7 Å². The van der Waals surface area contributed by atoms with E-state index in [4.69, 9.17) is 9.47 Å². The molecule has 0 radical (unpaired) electrons. The van der Waals surface area contributed by atoms with Crippen molar-refractivity contribution < 1.29 is 55.7 Å². The number of amides is 3. The zero-order chi connectivity index (χ0) is 38.0. The van der Waals surface area contributed by atoms with Crippen LogP contribution in [0.2, 0.25) is 0 Å². The molecule has 16 heteroatoms. The standard InChI is InChI=1S/C34H61N3O12S/c1-8-9-10-11-12-13-14-15-16-17-18-19-27-22(4)30(39)23(5)31(40)36-28(21(2)3)32(41)37-29(24(6)49-50(44,45)46)33(42)35-26(34(43)48-27)20-47-25(7)38/h21-24,26-30,39H,8-20H2,1-7H3,(H,35,42)(H,36,40)(H,37,41)(H,44,45,46)/t22-,23+,24+,26-,27+,28-,29-,30+/m0/s1. The SMILES string of the molecule is CCCCCCCCCCCCC[C@H]1OC(=O)[C@H](COC(C)=O)NC(=O)[C@H]([C@@H](C)OS(=O)(=O)O)NC(=O)[C@H](C(C)C)NC(=O)[C@H](C)[C@H](O)[C@H]1C. The van der Waals surface area contributed by atoms with E-state index in [0.29, 0.717) is 12.8 Å². The second-order valence-corrected chi connectivity index (χ2v) is 14.8. The molecule has 8 atom stereocenters. The van der Waals surface area contributed by atoms with Crippen LogP contribution < -0.4 is 16.0 Å². The molecule has 5 N–H and O–H groups in total. The summed E-state index contributed by atoms with van der Waals surface area (Å²) >= 11 is 0. The molecule has 50 heavy (non-hydrogen) atoms. The van der Waals surface area contributed by atoms with Crippen molar-refractivity contribution in [2.45, 2.75) is 162 Å². The summed E-state index contributed by atoms with van der Waals surface area (Å²) < 4.78 is 47.7. The first-order chi connectivity index (χ1) is 23.4. The maximum absolute atomic E-state index is 13.6. The fraction of sp³-hybridized carbons (Fsp3) is 0.853. The quantitative estimate of drug-likeness (QED) is 0.0778. The molecule has 1 rings (SSSR count).